The Morgan fingerprint density at radius 2 is 2.31 bits per heavy atom. The lowest BCUT2D eigenvalue weighted by Crippen LogP contribution is -3.00. The molecule has 1 heterocycles. The minimum atomic E-state index is 0. The van der Waals surface area contributed by atoms with Gasteiger partial charge in [-0.05, 0) is 28.7 Å². The molecule has 2 N–H and O–H groups in total. The maximum atomic E-state index is 4.03. The number of hydrogen-bond acceptors (Lipinski definition) is 2. The average Bonchev–Trinajstić information content (AvgIpc) is 2.30. The topological polar surface area (TPSA) is 38.5 Å². The van der Waals surface area contributed by atoms with Gasteiger partial charge >= 0.3 is 0 Å². The first-order valence-corrected chi connectivity index (χ1v) is 5.56. The van der Waals surface area contributed by atoms with Crippen molar-refractivity contribution in [3.63, 3.8) is 0 Å². The van der Waals surface area contributed by atoms with Crippen LogP contribution in [0.5, 0.6) is 0 Å². The number of aromatic nitrogens is 1. The first-order chi connectivity index (χ1) is 7.29. The van der Waals surface area contributed by atoms with Gasteiger partial charge in [0.05, 0.1) is 9.28 Å². The number of halogens is 2. The normalized spacial score (nSPS) is 11.6. The quantitative estimate of drug-likeness (QED) is 0.365. The summed E-state index contributed by atoms with van der Waals surface area (Å²) >= 11 is 2.23. The Bertz CT molecular complexity index is 385. The predicted octanol–water partition coefficient (Wildman–Crippen LogP) is -0.958. The molecule has 0 radical (unpaired) electrons. The van der Waals surface area contributed by atoms with Gasteiger partial charge in [-0.15, -0.1) is 0 Å². The second-order valence-corrected chi connectivity index (χ2v) is 3.79. The van der Waals surface area contributed by atoms with Crippen molar-refractivity contribution < 1.29 is 29.0 Å². The van der Waals surface area contributed by atoms with Crippen molar-refractivity contribution in [2.45, 2.75) is 0 Å². The summed E-state index contributed by atoms with van der Waals surface area (Å²) in [5.41, 5.74) is 2.03. The van der Waals surface area contributed by atoms with Crippen LogP contribution in [0.4, 0.5) is 0 Å². The van der Waals surface area contributed by atoms with E-state index in [0.29, 0.717) is 0 Å². The third-order valence-electron chi connectivity index (χ3n) is 1.76. The van der Waals surface area contributed by atoms with Gasteiger partial charge in [0.15, 0.2) is 6.20 Å². The van der Waals surface area contributed by atoms with Crippen LogP contribution in [0.3, 0.4) is 0 Å². The van der Waals surface area contributed by atoms with Crippen LogP contribution >= 0.6 is 22.6 Å². The zero-order valence-corrected chi connectivity index (χ0v) is 13.2. The van der Waals surface area contributed by atoms with Crippen LogP contribution < -0.4 is 34.3 Å². The number of aliphatic imine (C=N–C) groups is 1. The van der Waals surface area contributed by atoms with E-state index in [1.807, 2.05) is 31.4 Å². The number of rotatable bonds is 4. The smallest absolute Gasteiger partial charge is 0.214 e. The summed E-state index contributed by atoms with van der Waals surface area (Å²) in [5.74, 6) is 0. The van der Waals surface area contributed by atoms with Gasteiger partial charge in [0.1, 0.15) is 0 Å². The monoisotopic (exact) mass is 441 g/mol. The second-order valence-electron chi connectivity index (χ2n) is 2.71. The maximum absolute atomic E-state index is 4.03. The second kappa shape index (κ2) is 8.68. The van der Waals surface area contributed by atoms with Gasteiger partial charge < -0.3 is 29.3 Å². The Labute approximate surface area is 126 Å². The third-order valence-corrected chi connectivity index (χ3v) is 2.88. The Morgan fingerprint density at radius 3 is 2.81 bits per heavy atom. The molecule has 0 bridgehead atoms. The van der Waals surface area contributed by atoms with Crippen molar-refractivity contribution in [1.82, 2.24) is 5.32 Å². The predicted molar refractivity (Wildman–Crippen MR) is 71.7 cm³/mol. The summed E-state index contributed by atoms with van der Waals surface area (Å²) < 4.78 is 1.03. The molecule has 0 aliphatic rings. The highest BCUT2D eigenvalue weighted by molar-refractivity contribution is 14.1. The van der Waals surface area contributed by atoms with Crippen molar-refractivity contribution in [1.29, 1.82) is 0 Å². The van der Waals surface area contributed by atoms with Gasteiger partial charge in [-0.2, -0.15) is 0 Å². The van der Waals surface area contributed by atoms with Gasteiger partial charge in [0.25, 0.3) is 0 Å². The Hall–Kier alpha value is -0.440. The van der Waals surface area contributed by atoms with Crippen molar-refractivity contribution in [3.05, 3.63) is 46.6 Å². The summed E-state index contributed by atoms with van der Waals surface area (Å²) in [6, 6.07) is 5.92. The van der Waals surface area contributed by atoms with Crippen LogP contribution in [0, 0.1) is 0 Å². The molecule has 0 amide bonds. The number of H-pyrrole nitrogens is 1. The summed E-state index contributed by atoms with van der Waals surface area (Å²) in [6.07, 6.45) is 5.18. The molecule has 0 aliphatic heterocycles. The third kappa shape index (κ3) is 4.60. The molecule has 1 aromatic heterocycles. The van der Waals surface area contributed by atoms with Gasteiger partial charge in [-0.25, -0.2) is 4.98 Å². The first kappa shape index (κ1) is 15.6. The zero-order valence-electron chi connectivity index (χ0n) is 8.87. The number of nitrogens with zero attached hydrogens (tertiary/aromatic N) is 1. The molecule has 0 aromatic carbocycles. The van der Waals surface area contributed by atoms with Crippen LogP contribution in [0.15, 0.2) is 45.9 Å². The molecular formula is C11H13I2N3. The molecule has 0 saturated carbocycles. The largest absolute Gasteiger partial charge is 1.00 e. The Kier molecular flexibility index (Phi) is 8.44. The number of aromatic amines is 1. The number of nitrogens with one attached hydrogen (secondary N) is 2. The molecule has 86 valence electrons. The molecular weight excluding hydrogens is 428 g/mol. The van der Waals surface area contributed by atoms with E-state index in [-0.39, 0.29) is 24.0 Å². The van der Waals surface area contributed by atoms with Crippen molar-refractivity contribution >= 4 is 34.4 Å². The number of pyridine rings is 1. The fourth-order valence-electron chi connectivity index (χ4n) is 1.07. The number of hydrogen-bond donors (Lipinski definition) is 1. The standard InChI is InChI=1S/C11H12IN3.HI/c1-3-14-8-9(11(12)13-2)10-6-4-5-7-15-10;/h3-8,13H,1H2,2H3;1H/b11-9+,14-8?;. The van der Waals surface area contributed by atoms with E-state index in [1.165, 1.54) is 6.20 Å². The molecule has 0 spiro atoms. The van der Waals surface area contributed by atoms with E-state index >= 15 is 0 Å². The van der Waals surface area contributed by atoms with Crippen molar-refractivity contribution in [2.75, 3.05) is 7.05 Å². The maximum Gasteiger partial charge on any atom is 0.214 e. The van der Waals surface area contributed by atoms with E-state index in [2.05, 4.69) is 44.5 Å². The highest BCUT2D eigenvalue weighted by atomic mass is 127. The van der Waals surface area contributed by atoms with Crippen LogP contribution in [0.1, 0.15) is 5.69 Å². The Morgan fingerprint density at radius 1 is 1.56 bits per heavy atom. The SMILES string of the molecule is C=CN=C/C(=C(/I)NC)c1cccc[nH+]1.[I-]. The molecule has 1 rings (SSSR count). The van der Waals surface area contributed by atoms with Gasteiger partial charge in [0, 0.05) is 31.6 Å². The molecule has 0 fully saturated rings. The molecule has 1 aromatic rings. The molecule has 0 unspecified atom stereocenters. The molecule has 0 atom stereocenters. The van der Waals surface area contributed by atoms with Crippen LogP contribution in [-0.4, -0.2) is 13.3 Å². The Balaban J connectivity index is 0.00000225. The summed E-state index contributed by atoms with van der Waals surface area (Å²) in [4.78, 5) is 7.20. The molecule has 3 nitrogen and oxygen atoms in total. The lowest BCUT2D eigenvalue weighted by molar-refractivity contribution is -0.381. The summed E-state index contributed by atoms with van der Waals surface area (Å²) in [6.45, 7) is 3.56. The van der Waals surface area contributed by atoms with E-state index in [0.717, 1.165) is 15.0 Å². The van der Waals surface area contributed by atoms with E-state index in [4.69, 9.17) is 0 Å². The lowest BCUT2D eigenvalue weighted by Gasteiger charge is -2.01. The lowest BCUT2D eigenvalue weighted by atomic mass is 10.2. The van der Waals surface area contributed by atoms with Crippen molar-refractivity contribution in [2.24, 2.45) is 4.99 Å². The summed E-state index contributed by atoms with van der Waals surface area (Å²) in [5, 5.41) is 3.09. The highest BCUT2D eigenvalue weighted by Crippen LogP contribution is 2.15. The minimum Gasteiger partial charge on any atom is -1.00 e. The first-order valence-electron chi connectivity index (χ1n) is 4.48. The van der Waals surface area contributed by atoms with Crippen LogP contribution in [0.25, 0.3) is 5.57 Å². The van der Waals surface area contributed by atoms with Gasteiger partial charge in [-0.1, -0.05) is 6.58 Å². The molecule has 0 saturated heterocycles. The van der Waals surface area contributed by atoms with Gasteiger partial charge in [-0.3, -0.25) is 4.99 Å². The highest BCUT2D eigenvalue weighted by Gasteiger charge is 2.09. The average molecular weight is 441 g/mol. The van der Waals surface area contributed by atoms with Crippen LogP contribution in [0.2, 0.25) is 0 Å². The molecule has 5 heteroatoms. The minimum absolute atomic E-state index is 0. The van der Waals surface area contributed by atoms with Gasteiger partial charge in [0.2, 0.25) is 5.69 Å². The van der Waals surface area contributed by atoms with E-state index in [1.54, 1.807) is 6.21 Å². The van der Waals surface area contributed by atoms with E-state index < -0.39 is 0 Å². The fourth-order valence-corrected chi connectivity index (χ4v) is 1.50. The zero-order chi connectivity index (χ0) is 11.1. The number of allylic oxidation sites excluding steroid dienone is 1. The van der Waals surface area contributed by atoms with E-state index in [9.17, 15) is 0 Å². The summed E-state index contributed by atoms with van der Waals surface area (Å²) in [7, 11) is 1.88. The molecule has 0 aliphatic carbocycles. The van der Waals surface area contributed by atoms with Crippen LogP contribution in [-0.2, 0) is 0 Å². The van der Waals surface area contributed by atoms with Crippen molar-refractivity contribution in [3.8, 4) is 0 Å². The fraction of sp³-hybridized carbons (Fsp3) is 0.0909. The molecule has 16 heavy (non-hydrogen) atoms.